The third-order valence-electron chi connectivity index (χ3n) is 3.64. The zero-order valence-electron chi connectivity index (χ0n) is 11.2. The molecule has 0 radical (unpaired) electrons. The first kappa shape index (κ1) is 14.0. The fourth-order valence-corrected chi connectivity index (χ4v) is 2.48. The number of halogens is 1. The van der Waals surface area contributed by atoms with Crippen LogP contribution in [0.4, 0.5) is 5.69 Å². The molecule has 19 heavy (non-hydrogen) atoms. The van der Waals surface area contributed by atoms with E-state index in [1.54, 1.807) is 6.07 Å². The third kappa shape index (κ3) is 2.93. The zero-order chi connectivity index (χ0) is 14.0. The number of amidine groups is 1. The number of anilines is 1. The monoisotopic (exact) mass is 282 g/mol. The lowest BCUT2D eigenvalue weighted by atomic mass is 10.1. The Hall–Kier alpha value is -1.46. The van der Waals surface area contributed by atoms with E-state index in [1.165, 1.54) is 0 Å². The third-order valence-corrected chi connectivity index (χ3v) is 3.88. The lowest BCUT2D eigenvalue weighted by molar-refractivity contribution is 0.234. The molecule has 1 aromatic carbocycles. The summed E-state index contributed by atoms with van der Waals surface area (Å²) in [6.45, 7) is 4.99. The Labute approximate surface area is 118 Å². The van der Waals surface area contributed by atoms with Crippen LogP contribution < -0.4 is 10.6 Å². The molecule has 2 rings (SSSR count). The van der Waals surface area contributed by atoms with E-state index in [-0.39, 0.29) is 5.84 Å². The van der Waals surface area contributed by atoms with Gasteiger partial charge in [0.1, 0.15) is 0 Å². The molecule has 0 aliphatic carbocycles. The predicted molar refractivity (Wildman–Crippen MR) is 78.3 cm³/mol. The number of benzene rings is 1. The Morgan fingerprint density at radius 2 is 2.21 bits per heavy atom. The van der Waals surface area contributed by atoms with Crippen LogP contribution in [0.5, 0.6) is 0 Å². The molecule has 6 heteroatoms. The topological polar surface area (TPSA) is 65.1 Å². The van der Waals surface area contributed by atoms with Crippen molar-refractivity contribution in [2.24, 2.45) is 10.9 Å². The number of nitrogens with two attached hydrogens (primary N) is 1. The van der Waals surface area contributed by atoms with Crippen molar-refractivity contribution in [1.82, 2.24) is 4.90 Å². The zero-order valence-corrected chi connectivity index (χ0v) is 11.9. The summed E-state index contributed by atoms with van der Waals surface area (Å²) in [5.74, 6) is 0.0871. The molecule has 1 heterocycles. The van der Waals surface area contributed by atoms with E-state index in [4.69, 9.17) is 22.5 Å². The molecule has 5 nitrogen and oxygen atoms in total. The first-order chi connectivity index (χ1) is 9.02. The van der Waals surface area contributed by atoms with Crippen molar-refractivity contribution in [3.05, 3.63) is 28.8 Å². The number of hydrogen-bond acceptors (Lipinski definition) is 4. The van der Waals surface area contributed by atoms with Crippen LogP contribution in [0.3, 0.4) is 0 Å². The van der Waals surface area contributed by atoms with Gasteiger partial charge in [-0.25, -0.2) is 0 Å². The van der Waals surface area contributed by atoms with Gasteiger partial charge in [0.15, 0.2) is 5.84 Å². The molecule has 0 bridgehead atoms. The van der Waals surface area contributed by atoms with Crippen LogP contribution in [0.2, 0.25) is 5.02 Å². The molecule has 1 fully saturated rings. The van der Waals surface area contributed by atoms with Crippen molar-refractivity contribution in [3.8, 4) is 0 Å². The lowest BCUT2D eigenvalue weighted by Gasteiger charge is -2.39. The number of rotatable bonds is 2. The van der Waals surface area contributed by atoms with Crippen molar-refractivity contribution < 1.29 is 5.21 Å². The highest BCUT2D eigenvalue weighted by molar-refractivity contribution is 6.31. The highest BCUT2D eigenvalue weighted by Crippen LogP contribution is 2.26. The summed E-state index contributed by atoms with van der Waals surface area (Å²) in [6.07, 6.45) is 0. The maximum Gasteiger partial charge on any atom is 0.172 e. The van der Waals surface area contributed by atoms with Gasteiger partial charge in [-0.05, 0) is 32.2 Å². The Morgan fingerprint density at radius 1 is 1.47 bits per heavy atom. The van der Waals surface area contributed by atoms with E-state index in [9.17, 15) is 0 Å². The highest BCUT2D eigenvalue weighted by Gasteiger charge is 2.23. The Morgan fingerprint density at radius 3 is 2.84 bits per heavy atom. The smallest absolute Gasteiger partial charge is 0.172 e. The molecular formula is C13H19ClN4O. The minimum atomic E-state index is 0.0871. The minimum Gasteiger partial charge on any atom is -0.409 e. The number of hydrogen-bond donors (Lipinski definition) is 2. The minimum absolute atomic E-state index is 0.0871. The maximum absolute atomic E-state index is 8.89. The van der Waals surface area contributed by atoms with E-state index < -0.39 is 0 Å². The summed E-state index contributed by atoms with van der Waals surface area (Å²) < 4.78 is 0. The second kappa shape index (κ2) is 5.67. The first-order valence-corrected chi connectivity index (χ1v) is 6.63. The van der Waals surface area contributed by atoms with E-state index in [0.717, 1.165) is 25.3 Å². The van der Waals surface area contributed by atoms with Crippen LogP contribution in [0, 0.1) is 0 Å². The number of likely N-dealkylation sites (N-methyl/N-ethyl adjacent to an activating group) is 1. The highest BCUT2D eigenvalue weighted by atomic mass is 35.5. The molecule has 1 aromatic rings. The van der Waals surface area contributed by atoms with E-state index in [2.05, 4.69) is 28.9 Å². The van der Waals surface area contributed by atoms with Gasteiger partial charge in [-0.3, -0.25) is 0 Å². The van der Waals surface area contributed by atoms with Crippen molar-refractivity contribution in [1.29, 1.82) is 0 Å². The second-order valence-corrected chi connectivity index (χ2v) is 5.36. The SMILES string of the molecule is CC1CN(c2ccc(Cl)cc2C(N)=NO)CCN1C. The summed E-state index contributed by atoms with van der Waals surface area (Å²) in [5, 5.41) is 12.6. The molecule has 0 saturated carbocycles. The molecule has 1 aliphatic rings. The van der Waals surface area contributed by atoms with Gasteiger partial charge < -0.3 is 20.7 Å². The quantitative estimate of drug-likeness (QED) is 0.374. The average molecular weight is 283 g/mol. The molecule has 1 unspecified atom stereocenters. The fourth-order valence-electron chi connectivity index (χ4n) is 2.31. The Balaban J connectivity index is 2.34. The van der Waals surface area contributed by atoms with Crippen LogP contribution >= 0.6 is 11.6 Å². The number of piperazine rings is 1. The Kier molecular flexibility index (Phi) is 4.17. The maximum atomic E-state index is 8.89. The molecule has 0 amide bonds. The van der Waals surface area contributed by atoms with E-state index >= 15 is 0 Å². The van der Waals surface area contributed by atoms with Crippen LogP contribution in [-0.2, 0) is 0 Å². The average Bonchev–Trinajstić information content (AvgIpc) is 2.41. The van der Waals surface area contributed by atoms with Crippen molar-refractivity contribution in [2.75, 3.05) is 31.6 Å². The van der Waals surface area contributed by atoms with Crippen molar-refractivity contribution in [3.63, 3.8) is 0 Å². The van der Waals surface area contributed by atoms with Crippen molar-refractivity contribution >= 4 is 23.1 Å². The largest absolute Gasteiger partial charge is 0.409 e. The fraction of sp³-hybridized carbons (Fsp3) is 0.462. The van der Waals surface area contributed by atoms with Crippen LogP contribution in [0.25, 0.3) is 0 Å². The summed E-state index contributed by atoms with van der Waals surface area (Å²) in [7, 11) is 2.12. The number of nitrogens with zero attached hydrogens (tertiary/aromatic N) is 3. The molecule has 1 saturated heterocycles. The molecule has 0 spiro atoms. The second-order valence-electron chi connectivity index (χ2n) is 4.92. The number of oxime groups is 1. The van der Waals surface area contributed by atoms with Gasteiger partial charge >= 0.3 is 0 Å². The summed E-state index contributed by atoms with van der Waals surface area (Å²) in [5.41, 5.74) is 7.37. The summed E-state index contributed by atoms with van der Waals surface area (Å²) >= 11 is 5.99. The van der Waals surface area contributed by atoms with Gasteiger partial charge in [0.2, 0.25) is 0 Å². The summed E-state index contributed by atoms with van der Waals surface area (Å²) in [6, 6.07) is 5.95. The van der Waals surface area contributed by atoms with Gasteiger partial charge in [-0.15, -0.1) is 0 Å². The van der Waals surface area contributed by atoms with Crippen LogP contribution in [0.15, 0.2) is 23.4 Å². The van der Waals surface area contributed by atoms with Gasteiger partial charge in [-0.2, -0.15) is 0 Å². The van der Waals surface area contributed by atoms with Gasteiger partial charge in [0.25, 0.3) is 0 Å². The van der Waals surface area contributed by atoms with Crippen LogP contribution in [0.1, 0.15) is 12.5 Å². The van der Waals surface area contributed by atoms with E-state index in [0.29, 0.717) is 16.6 Å². The van der Waals surface area contributed by atoms with Crippen molar-refractivity contribution in [2.45, 2.75) is 13.0 Å². The van der Waals surface area contributed by atoms with Crippen LogP contribution in [-0.4, -0.2) is 48.7 Å². The normalized spacial score (nSPS) is 21.7. The molecule has 104 valence electrons. The lowest BCUT2D eigenvalue weighted by Crippen LogP contribution is -2.50. The molecule has 3 N–H and O–H groups in total. The molecular weight excluding hydrogens is 264 g/mol. The van der Waals surface area contributed by atoms with Gasteiger partial charge in [0, 0.05) is 41.9 Å². The standard InChI is InChI=1S/C13H19ClN4O/c1-9-8-18(6-5-17(9)2)12-4-3-10(14)7-11(12)13(15)16-19/h3-4,7,9,19H,5-6,8H2,1-2H3,(H2,15,16). The summed E-state index contributed by atoms with van der Waals surface area (Å²) in [4.78, 5) is 4.56. The molecule has 0 aromatic heterocycles. The first-order valence-electron chi connectivity index (χ1n) is 6.25. The van der Waals surface area contributed by atoms with Gasteiger partial charge in [-0.1, -0.05) is 16.8 Å². The molecule has 1 aliphatic heterocycles. The predicted octanol–water partition coefficient (Wildman–Crippen LogP) is 1.57. The van der Waals surface area contributed by atoms with Gasteiger partial charge in [0.05, 0.1) is 0 Å². The molecule has 1 atom stereocenters. The van der Waals surface area contributed by atoms with E-state index in [1.807, 2.05) is 12.1 Å². The Bertz CT molecular complexity index is 492.